The van der Waals surface area contributed by atoms with Crippen LogP contribution in [0.4, 0.5) is 0 Å². The lowest BCUT2D eigenvalue weighted by molar-refractivity contribution is -0.141. The first-order valence-electron chi connectivity index (χ1n) is 5.96. The highest BCUT2D eigenvalue weighted by molar-refractivity contribution is 5.69. The Morgan fingerprint density at radius 1 is 1.47 bits per heavy atom. The van der Waals surface area contributed by atoms with Gasteiger partial charge in [-0.2, -0.15) is 0 Å². The Kier molecular flexibility index (Phi) is 5.16. The quantitative estimate of drug-likeness (QED) is 0.821. The Hall–Kier alpha value is -1.35. The summed E-state index contributed by atoms with van der Waals surface area (Å²) in [5.74, 6) is -1.04. The van der Waals surface area contributed by atoms with Gasteiger partial charge < -0.3 is 10.0 Å². The molecule has 0 aromatic heterocycles. The van der Waals surface area contributed by atoms with E-state index in [9.17, 15) is 4.79 Å². The van der Waals surface area contributed by atoms with E-state index < -0.39 is 5.97 Å². The second kappa shape index (κ2) is 6.40. The molecule has 0 aliphatic carbocycles. The molecule has 0 aliphatic heterocycles. The summed E-state index contributed by atoms with van der Waals surface area (Å²) >= 11 is 0. The van der Waals surface area contributed by atoms with Gasteiger partial charge in [0, 0.05) is 13.1 Å². The molecular formula is C14H21NO2. The molecule has 0 bridgehead atoms. The van der Waals surface area contributed by atoms with E-state index >= 15 is 0 Å². The number of nitrogens with zero attached hydrogens (tertiary/aromatic N) is 1. The van der Waals surface area contributed by atoms with E-state index in [1.54, 1.807) is 6.92 Å². The van der Waals surface area contributed by atoms with Gasteiger partial charge in [-0.3, -0.25) is 4.79 Å². The number of carboxylic acid groups (broad SMARTS) is 1. The molecule has 0 saturated heterocycles. The fourth-order valence-electron chi connectivity index (χ4n) is 1.82. The Morgan fingerprint density at radius 2 is 2.18 bits per heavy atom. The number of hydrogen-bond acceptors (Lipinski definition) is 2. The Labute approximate surface area is 103 Å². The molecule has 1 aromatic rings. The second-order valence-electron chi connectivity index (χ2n) is 4.74. The van der Waals surface area contributed by atoms with E-state index in [-0.39, 0.29) is 5.92 Å². The van der Waals surface area contributed by atoms with E-state index in [0.717, 1.165) is 13.0 Å². The predicted octanol–water partition coefficient (Wildman–Crippen LogP) is 2.19. The van der Waals surface area contributed by atoms with Crippen molar-refractivity contribution >= 4 is 5.97 Å². The third-order valence-corrected chi connectivity index (χ3v) is 2.87. The van der Waals surface area contributed by atoms with Crippen LogP contribution >= 0.6 is 0 Å². The van der Waals surface area contributed by atoms with Crippen LogP contribution in [-0.4, -0.2) is 36.1 Å². The predicted molar refractivity (Wildman–Crippen MR) is 69.2 cm³/mol. The molecule has 0 heterocycles. The lowest BCUT2D eigenvalue weighted by Gasteiger charge is -2.18. The minimum absolute atomic E-state index is 0.308. The number of likely N-dealkylation sites (N-methyl/N-ethyl adjacent to an activating group) is 1. The summed E-state index contributed by atoms with van der Waals surface area (Å²) in [5.41, 5.74) is 2.57. The fourth-order valence-corrected chi connectivity index (χ4v) is 1.82. The van der Waals surface area contributed by atoms with Crippen LogP contribution in [0.1, 0.15) is 18.1 Å². The van der Waals surface area contributed by atoms with Crippen molar-refractivity contribution in [3.05, 3.63) is 35.4 Å². The van der Waals surface area contributed by atoms with Crippen LogP contribution in [0.15, 0.2) is 24.3 Å². The first-order valence-corrected chi connectivity index (χ1v) is 5.96. The van der Waals surface area contributed by atoms with Crippen molar-refractivity contribution in [3.63, 3.8) is 0 Å². The van der Waals surface area contributed by atoms with Crippen molar-refractivity contribution < 1.29 is 9.90 Å². The van der Waals surface area contributed by atoms with Crippen LogP contribution in [-0.2, 0) is 11.2 Å². The normalized spacial score (nSPS) is 12.7. The molecule has 0 spiro atoms. The number of aryl methyl sites for hydroxylation is 1. The van der Waals surface area contributed by atoms with Crippen LogP contribution in [0.25, 0.3) is 0 Å². The highest BCUT2D eigenvalue weighted by atomic mass is 16.4. The van der Waals surface area contributed by atoms with Gasteiger partial charge in [0.2, 0.25) is 0 Å². The van der Waals surface area contributed by atoms with E-state index in [2.05, 4.69) is 36.1 Å². The van der Waals surface area contributed by atoms with E-state index in [4.69, 9.17) is 5.11 Å². The third kappa shape index (κ3) is 5.00. The van der Waals surface area contributed by atoms with Crippen molar-refractivity contribution in [1.29, 1.82) is 0 Å². The second-order valence-corrected chi connectivity index (χ2v) is 4.74. The van der Waals surface area contributed by atoms with Gasteiger partial charge in [-0.25, -0.2) is 0 Å². The molecule has 0 amide bonds. The lowest BCUT2D eigenvalue weighted by Crippen LogP contribution is -2.30. The molecule has 17 heavy (non-hydrogen) atoms. The third-order valence-electron chi connectivity index (χ3n) is 2.87. The first kappa shape index (κ1) is 13.7. The maximum atomic E-state index is 10.7. The zero-order valence-corrected chi connectivity index (χ0v) is 10.8. The zero-order chi connectivity index (χ0) is 12.8. The number of benzene rings is 1. The van der Waals surface area contributed by atoms with Gasteiger partial charge in [-0.1, -0.05) is 36.8 Å². The van der Waals surface area contributed by atoms with Crippen LogP contribution < -0.4 is 0 Å². The van der Waals surface area contributed by atoms with Gasteiger partial charge in [-0.15, -0.1) is 0 Å². The maximum Gasteiger partial charge on any atom is 0.307 e. The molecule has 1 N–H and O–H groups in total. The molecule has 1 aromatic carbocycles. The summed E-state index contributed by atoms with van der Waals surface area (Å²) in [6.45, 7) is 5.31. The van der Waals surface area contributed by atoms with E-state index in [1.807, 2.05) is 7.05 Å². The Bertz CT molecular complexity index is 376. The number of carbonyl (C=O) groups is 1. The maximum absolute atomic E-state index is 10.7. The van der Waals surface area contributed by atoms with Crippen LogP contribution in [0.3, 0.4) is 0 Å². The Balaban J connectivity index is 2.38. The van der Waals surface area contributed by atoms with Gasteiger partial charge >= 0.3 is 5.97 Å². The molecule has 0 fully saturated rings. The number of rotatable bonds is 6. The summed E-state index contributed by atoms with van der Waals surface area (Å²) in [5, 5.41) is 8.83. The molecule has 1 atom stereocenters. The lowest BCUT2D eigenvalue weighted by atomic mass is 10.1. The molecule has 3 nitrogen and oxygen atoms in total. The molecule has 0 radical (unpaired) electrons. The molecule has 3 heteroatoms. The average molecular weight is 235 g/mol. The van der Waals surface area contributed by atoms with Crippen LogP contribution in [0.2, 0.25) is 0 Å². The summed E-state index contributed by atoms with van der Waals surface area (Å²) in [6.07, 6.45) is 0.963. The minimum atomic E-state index is -0.729. The summed E-state index contributed by atoms with van der Waals surface area (Å²) in [6, 6.07) is 8.43. The van der Waals surface area contributed by atoms with Crippen LogP contribution in [0.5, 0.6) is 0 Å². The molecule has 0 aliphatic rings. The van der Waals surface area contributed by atoms with Crippen LogP contribution in [0, 0.1) is 12.8 Å². The van der Waals surface area contributed by atoms with Gasteiger partial charge in [-0.05, 0) is 26.0 Å². The highest BCUT2D eigenvalue weighted by Gasteiger charge is 2.13. The van der Waals surface area contributed by atoms with Crippen molar-refractivity contribution in [1.82, 2.24) is 4.90 Å². The van der Waals surface area contributed by atoms with Crippen molar-refractivity contribution in [2.45, 2.75) is 20.3 Å². The molecular weight excluding hydrogens is 214 g/mol. The summed E-state index contributed by atoms with van der Waals surface area (Å²) in [4.78, 5) is 12.8. The average Bonchev–Trinajstić information content (AvgIpc) is 2.26. The zero-order valence-electron chi connectivity index (χ0n) is 10.8. The summed E-state index contributed by atoms with van der Waals surface area (Å²) in [7, 11) is 1.97. The minimum Gasteiger partial charge on any atom is -0.481 e. The largest absolute Gasteiger partial charge is 0.481 e. The van der Waals surface area contributed by atoms with Crippen molar-refractivity contribution in [2.75, 3.05) is 20.1 Å². The fraction of sp³-hybridized carbons (Fsp3) is 0.500. The number of aliphatic carboxylic acids is 1. The smallest absolute Gasteiger partial charge is 0.307 e. The molecule has 0 saturated carbocycles. The molecule has 1 unspecified atom stereocenters. The van der Waals surface area contributed by atoms with Crippen molar-refractivity contribution in [2.24, 2.45) is 5.92 Å². The SMILES string of the molecule is Cc1cccc(CCN(C)CC(C)C(=O)O)c1. The van der Waals surface area contributed by atoms with E-state index in [1.165, 1.54) is 11.1 Å². The van der Waals surface area contributed by atoms with Gasteiger partial charge in [0.1, 0.15) is 0 Å². The van der Waals surface area contributed by atoms with E-state index in [0.29, 0.717) is 6.54 Å². The van der Waals surface area contributed by atoms with Gasteiger partial charge in [0.15, 0.2) is 0 Å². The standard InChI is InChI=1S/C14H21NO2/c1-11-5-4-6-13(9-11)7-8-15(3)10-12(2)14(16)17/h4-6,9,12H,7-8,10H2,1-3H3,(H,16,17). The van der Waals surface area contributed by atoms with Gasteiger partial charge in [0.05, 0.1) is 5.92 Å². The highest BCUT2D eigenvalue weighted by Crippen LogP contribution is 2.06. The number of hydrogen-bond donors (Lipinski definition) is 1. The first-order chi connectivity index (χ1) is 7.99. The summed E-state index contributed by atoms with van der Waals surface area (Å²) < 4.78 is 0. The van der Waals surface area contributed by atoms with Crippen molar-refractivity contribution in [3.8, 4) is 0 Å². The molecule has 1 rings (SSSR count). The molecule has 94 valence electrons. The topological polar surface area (TPSA) is 40.5 Å². The number of carboxylic acids is 1. The Morgan fingerprint density at radius 3 is 2.76 bits per heavy atom. The van der Waals surface area contributed by atoms with Gasteiger partial charge in [0.25, 0.3) is 0 Å². The monoisotopic (exact) mass is 235 g/mol.